The number of aromatic nitrogens is 3. The fourth-order valence-electron chi connectivity index (χ4n) is 2.17. The van der Waals surface area contributed by atoms with Gasteiger partial charge < -0.3 is 10.1 Å². The molecule has 1 aromatic carbocycles. The van der Waals surface area contributed by atoms with Crippen LogP contribution in [0.3, 0.4) is 0 Å². The van der Waals surface area contributed by atoms with E-state index >= 15 is 0 Å². The number of carbonyl (C=O) groups excluding carboxylic acids is 1. The average Bonchev–Trinajstić information content (AvgIpc) is 2.63. The van der Waals surface area contributed by atoms with Crippen LogP contribution in [0.2, 0.25) is 0 Å². The summed E-state index contributed by atoms with van der Waals surface area (Å²) in [5, 5.41) is 3.11. The van der Waals surface area contributed by atoms with Crippen molar-refractivity contribution < 1.29 is 9.53 Å². The van der Waals surface area contributed by atoms with E-state index in [9.17, 15) is 4.79 Å². The molecule has 0 amide bonds. The van der Waals surface area contributed by atoms with Crippen LogP contribution in [0.1, 0.15) is 17.3 Å². The van der Waals surface area contributed by atoms with Gasteiger partial charge in [-0.05, 0) is 43.3 Å². The number of nitrogens with one attached hydrogen (secondary N) is 1. The maximum absolute atomic E-state index is 11.8. The molecule has 0 aliphatic carbocycles. The Balaban J connectivity index is 1.82. The first-order chi connectivity index (χ1) is 11.8. The summed E-state index contributed by atoms with van der Waals surface area (Å²) in [7, 11) is 0. The number of hydrogen-bond acceptors (Lipinski definition) is 6. The van der Waals surface area contributed by atoms with Crippen LogP contribution < -0.4 is 5.32 Å². The average molecular weight is 320 g/mol. The molecule has 6 nitrogen and oxygen atoms in total. The fourth-order valence-corrected chi connectivity index (χ4v) is 2.17. The second-order valence-corrected chi connectivity index (χ2v) is 4.93. The molecule has 0 atom stereocenters. The lowest BCUT2D eigenvalue weighted by molar-refractivity contribution is 0.0526. The van der Waals surface area contributed by atoms with Crippen LogP contribution >= 0.6 is 0 Å². The maximum atomic E-state index is 11.8. The zero-order valence-corrected chi connectivity index (χ0v) is 13.1. The minimum absolute atomic E-state index is 0.341. The van der Waals surface area contributed by atoms with Gasteiger partial charge >= 0.3 is 5.97 Å². The molecular formula is C18H16N4O2. The Labute approximate surface area is 139 Å². The molecule has 0 saturated heterocycles. The first-order valence-corrected chi connectivity index (χ1v) is 7.54. The highest BCUT2D eigenvalue weighted by Gasteiger charge is 2.08. The van der Waals surface area contributed by atoms with Gasteiger partial charge in [0.2, 0.25) is 5.95 Å². The van der Waals surface area contributed by atoms with Crippen LogP contribution in [0, 0.1) is 0 Å². The van der Waals surface area contributed by atoms with E-state index in [1.807, 2.05) is 24.3 Å². The molecule has 0 aliphatic heterocycles. The number of carbonyl (C=O) groups is 1. The molecule has 120 valence electrons. The van der Waals surface area contributed by atoms with Gasteiger partial charge in [0, 0.05) is 29.8 Å². The van der Waals surface area contributed by atoms with Crippen molar-refractivity contribution in [3.8, 4) is 11.3 Å². The number of benzene rings is 1. The van der Waals surface area contributed by atoms with Crippen LogP contribution in [0.5, 0.6) is 0 Å². The highest BCUT2D eigenvalue weighted by molar-refractivity contribution is 5.90. The lowest BCUT2D eigenvalue weighted by atomic mass is 10.2. The third kappa shape index (κ3) is 3.73. The Morgan fingerprint density at radius 1 is 1.12 bits per heavy atom. The van der Waals surface area contributed by atoms with E-state index < -0.39 is 0 Å². The number of pyridine rings is 1. The zero-order chi connectivity index (χ0) is 16.8. The van der Waals surface area contributed by atoms with Gasteiger partial charge in [0.05, 0.1) is 17.9 Å². The van der Waals surface area contributed by atoms with Gasteiger partial charge in [-0.1, -0.05) is 6.07 Å². The molecule has 0 saturated carbocycles. The summed E-state index contributed by atoms with van der Waals surface area (Å²) in [6, 6.07) is 12.6. The Morgan fingerprint density at radius 2 is 1.96 bits per heavy atom. The summed E-state index contributed by atoms with van der Waals surface area (Å²) in [5.74, 6) is 0.0953. The molecule has 1 N–H and O–H groups in total. The van der Waals surface area contributed by atoms with E-state index in [-0.39, 0.29) is 5.97 Å². The molecular weight excluding hydrogens is 304 g/mol. The number of ether oxygens (including phenoxy) is 1. The monoisotopic (exact) mass is 320 g/mol. The van der Waals surface area contributed by atoms with Crippen molar-refractivity contribution in [1.82, 2.24) is 15.0 Å². The van der Waals surface area contributed by atoms with Gasteiger partial charge in [-0.15, -0.1) is 0 Å². The van der Waals surface area contributed by atoms with Crippen molar-refractivity contribution in [2.75, 3.05) is 11.9 Å². The molecule has 2 heterocycles. The molecule has 0 aliphatic rings. The minimum atomic E-state index is -0.354. The fraction of sp³-hybridized carbons (Fsp3) is 0.111. The molecule has 24 heavy (non-hydrogen) atoms. The normalized spacial score (nSPS) is 10.2. The number of rotatable bonds is 5. The molecule has 3 aromatic rings. The van der Waals surface area contributed by atoms with Crippen LogP contribution in [-0.4, -0.2) is 27.5 Å². The molecule has 0 fully saturated rings. The Hall–Kier alpha value is -3.28. The zero-order valence-electron chi connectivity index (χ0n) is 13.1. The SMILES string of the molecule is CCOC(=O)c1cccc(Nc2nccc(-c3ccncc3)n2)c1. The second-order valence-electron chi connectivity index (χ2n) is 4.93. The van der Waals surface area contributed by atoms with E-state index in [0.717, 1.165) is 11.3 Å². The summed E-state index contributed by atoms with van der Waals surface area (Å²) < 4.78 is 5.01. The van der Waals surface area contributed by atoms with E-state index in [0.29, 0.717) is 23.8 Å². The molecule has 3 rings (SSSR count). The second kappa shape index (κ2) is 7.32. The Bertz CT molecular complexity index is 837. The number of esters is 1. The molecule has 0 unspecified atom stereocenters. The molecule has 0 bridgehead atoms. The number of anilines is 2. The smallest absolute Gasteiger partial charge is 0.338 e. The largest absolute Gasteiger partial charge is 0.462 e. The first kappa shape index (κ1) is 15.6. The van der Waals surface area contributed by atoms with Gasteiger partial charge in [0.25, 0.3) is 0 Å². The van der Waals surface area contributed by atoms with Gasteiger partial charge in [-0.2, -0.15) is 0 Å². The van der Waals surface area contributed by atoms with Crippen molar-refractivity contribution in [3.63, 3.8) is 0 Å². The topological polar surface area (TPSA) is 77.0 Å². The summed E-state index contributed by atoms with van der Waals surface area (Å²) in [6.07, 6.45) is 5.11. The maximum Gasteiger partial charge on any atom is 0.338 e. The van der Waals surface area contributed by atoms with Crippen LogP contribution in [0.4, 0.5) is 11.6 Å². The lowest BCUT2D eigenvalue weighted by Gasteiger charge is -2.08. The first-order valence-electron chi connectivity index (χ1n) is 7.54. The van der Waals surface area contributed by atoms with E-state index in [4.69, 9.17) is 4.74 Å². The quantitative estimate of drug-likeness (QED) is 0.725. The highest BCUT2D eigenvalue weighted by atomic mass is 16.5. The molecule has 2 aromatic heterocycles. The van der Waals surface area contributed by atoms with Crippen molar-refractivity contribution in [2.24, 2.45) is 0 Å². The van der Waals surface area contributed by atoms with E-state index in [1.54, 1.807) is 43.7 Å². The van der Waals surface area contributed by atoms with Gasteiger partial charge in [-0.25, -0.2) is 14.8 Å². The molecule has 0 spiro atoms. The molecule has 0 radical (unpaired) electrons. The van der Waals surface area contributed by atoms with Crippen LogP contribution in [0.25, 0.3) is 11.3 Å². The third-order valence-corrected chi connectivity index (χ3v) is 3.26. The predicted octanol–water partition coefficient (Wildman–Crippen LogP) is 3.46. The summed E-state index contributed by atoms with van der Waals surface area (Å²) in [5.41, 5.74) is 2.94. The van der Waals surface area contributed by atoms with Crippen molar-refractivity contribution in [1.29, 1.82) is 0 Å². The standard InChI is InChI=1S/C18H16N4O2/c1-2-24-17(23)14-4-3-5-15(12-14)21-18-20-11-8-16(22-18)13-6-9-19-10-7-13/h3-12H,2H2,1H3,(H,20,21,22). The van der Waals surface area contributed by atoms with E-state index in [2.05, 4.69) is 20.3 Å². The van der Waals surface area contributed by atoms with E-state index in [1.165, 1.54) is 0 Å². The Kier molecular flexibility index (Phi) is 4.76. The highest BCUT2D eigenvalue weighted by Crippen LogP contribution is 2.19. The number of hydrogen-bond donors (Lipinski definition) is 1. The van der Waals surface area contributed by atoms with Gasteiger partial charge in [0.15, 0.2) is 0 Å². The summed E-state index contributed by atoms with van der Waals surface area (Å²) in [6.45, 7) is 2.12. The van der Waals surface area contributed by atoms with Crippen molar-refractivity contribution >= 4 is 17.6 Å². The summed E-state index contributed by atoms with van der Waals surface area (Å²) >= 11 is 0. The number of nitrogens with zero attached hydrogens (tertiary/aromatic N) is 3. The molecule has 6 heteroatoms. The third-order valence-electron chi connectivity index (χ3n) is 3.26. The van der Waals surface area contributed by atoms with Gasteiger partial charge in [0.1, 0.15) is 0 Å². The van der Waals surface area contributed by atoms with Crippen LogP contribution in [0.15, 0.2) is 61.1 Å². The van der Waals surface area contributed by atoms with Crippen molar-refractivity contribution in [2.45, 2.75) is 6.92 Å². The summed E-state index contributed by atoms with van der Waals surface area (Å²) in [4.78, 5) is 24.5. The minimum Gasteiger partial charge on any atom is -0.462 e. The van der Waals surface area contributed by atoms with Gasteiger partial charge in [-0.3, -0.25) is 4.98 Å². The predicted molar refractivity (Wildman–Crippen MR) is 90.9 cm³/mol. The van der Waals surface area contributed by atoms with Crippen molar-refractivity contribution in [3.05, 3.63) is 66.6 Å². The lowest BCUT2D eigenvalue weighted by Crippen LogP contribution is -2.05. The van der Waals surface area contributed by atoms with Crippen LogP contribution in [-0.2, 0) is 4.74 Å². The Morgan fingerprint density at radius 3 is 2.75 bits per heavy atom.